The van der Waals surface area contributed by atoms with Crippen LogP contribution in [-0.2, 0) is 0 Å². The van der Waals surface area contributed by atoms with Crippen LogP contribution in [-0.4, -0.2) is 32.2 Å². The molecule has 1 aliphatic carbocycles. The maximum atomic E-state index is 4.41. The van der Waals surface area contributed by atoms with Gasteiger partial charge in [0, 0.05) is 23.9 Å². The lowest BCUT2D eigenvalue weighted by Crippen LogP contribution is -2.35. The lowest BCUT2D eigenvalue weighted by atomic mass is 9.87. The number of rotatable bonds is 3. The smallest absolute Gasteiger partial charge is 0.0956 e. The van der Waals surface area contributed by atoms with Crippen molar-refractivity contribution in [2.75, 3.05) is 13.1 Å². The molecule has 4 heteroatoms. The van der Waals surface area contributed by atoms with E-state index in [0.717, 1.165) is 5.25 Å². The van der Waals surface area contributed by atoms with Crippen molar-refractivity contribution in [1.29, 1.82) is 0 Å². The van der Waals surface area contributed by atoms with Gasteiger partial charge in [-0.3, -0.25) is 4.31 Å². The predicted molar refractivity (Wildman–Crippen MR) is 90.7 cm³/mol. The Morgan fingerprint density at radius 1 is 1.14 bits per heavy atom. The lowest BCUT2D eigenvalue weighted by Gasteiger charge is -2.35. The normalized spacial score (nSPS) is 27.6. The molecule has 3 nitrogen and oxygen atoms in total. The van der Waals surface area contributed by atoms with Gasteiger partial charge in [0.25, 0.3) is 0 Å². The molecular weight excluding hydrogens is 290 g/mol. The molecule has 3 aliphatic rings. The minimum atomic E-state index is 0.483. The average Bonchev–Trinajstić information content (AvgIpc) is 3.12. The van der Waals surface area contributed by atoms with E-state index >= 15 is 0 Å². The Kier molecular flexibility index (Phi) is 3.08. The summed E-state index contributed by atoms with van der Waals surface area (Å²) in [5.74, 6) is 0.705. The fourth-order valence-corrected chi connectivity index (χ4v) is 5.35. The highest BCUT2D eigenvalue weighted by Gasteiger charge is 2.37. The predicted octanol–water partition coefficient (Wildman–Crippen LogP) is 3.98. The Morgan fingerprint density at radius 3 is 2.95 bits per heavy atom. The highest BCUT2D eigenvalue weighted by atomic mass is 32.2. The molecule has 0 spiro atoms. The van der Waals surface area contributed by atoms with E-state index in [1.807, 2.05) is 12.5 Å². The second-order valence-corrected chi connectivity index (χ2v) is 8.21. The van der Waals surface area contributed by atoms with Gasteiger partial charge in [-0.05, 0) is 37.2 Å². The van der Waals surface area contributed by atoms with Crippen LogP contribution in [0.5, 0.6) is 0 Å². The lowest BCUT2D eigenvalue weighted by molar-refractivity contribution is 0.237. The van der Waals surface area contributed by atoms with Gasteiger partial charge >= 0.3 is 0 Å². The third kappa shape index (κ3) is 2.12. The molecule has 2 aliphatic heterocycles. The molecule has 22 heavy (non-hydrogen) atoms. The summed E-state index contributed by atoms with van der Waals surface area (Å²) in [5.41, 5.74) is 4.19. The molecule has 1 saturated carbocycles. The first-order chi connectivity index (χ1) is 10.9. The number of hydrogen-bond donors (Lipinski definition) is 0. The van der Waals surface area contributed by atoms with Gasteiger partial charge < -0.3 is 4.57 Å². The Bertz CT molecular complexity index is 691. The third-order valence-corrected chi connectivity index (χ3v) is 6.61. The first-order valence-corrected chi connectivity index (χ1v) is 9.26. The molecule has 1 saturated heterocycles. The van der Waals surface area contributed by atoms with Gasteiger partial charge in [0.2, 0.25) is 0 Å². The summed E-state index contributed by atoms with van der Waals surface area (Å²) < 4.78 is 5.06. The average molecular weight is 311 g/mol. The molecule has 0 amide bonds. The SMILES string of the molecule is c1ccc2c(c1)-c1cncn1C2C1CCCN(SC2CC2)C1. The number of fused-ring (bicyclic) bond motifs is 3. The van der Waals surface area contributed by atoms with E-state index in [2.05, 4.69) is 50.1 Å². The molecule has 0 N–H and O–H groups in total. The Balaban J connectivity index is 1.47. The zero-order valence-electron chi connectivity index (χ0n) is 12.7. The fourth-order valence-electron chi connectivity index (χ4n) is 4.07. The van der Waals surface area contributed by atoms with Crippen LogP contribution in [0, 0.1) is 5.92 Å². The van der Waals surface area contributed by atoms with Crippen LogP contribution < -0.4 is 0 Å². The summed E-state index contributed by atoms with van der Waals surface area (Å²) in [6, 6.07) is 9.39. The van der Waals surface area contributed by atoms with Crippen LogP contribution in [0.4, 0.5) is 0 Å². The zero-order chi connectivity index (χ0) is 14.5. The number of piperidine rings is 1. The van der Waals surface area contributed by atoms with Crippen LogP contribution in [0.3, 0.4) is 0 Å². The summed E-state index contributed by atoms with van der Waals surface area (Å²) in [7, 11) is 0. The molecular formula is C18H21N3S. The summed E-state index contributed by atoms with van der Waals surface area (Å²) in [6.07, 6.45) is 9.56. The number of hydrogen-bond acceptors (Lipinski definition) is 3. The van der Waals surface area contributed by atoms with E-state index in [-0.39, 0.29) is 0 Å². The summed E-state index contributed by atoms with van der Waals surface area (Å²) in [6.45, 7) is 2.49. The number of aromatic nitrogens is 2. The van der Waals surface area contributed by atoms with Gasteiger partial charge in [0.15, 0.2) is 0 Å². The highest BCUT2D eigenvalue weighted by molar-refractivity contribution is 7.97. The van der Waals surface area contributed by atoms with E-state index in [4.69, 9.17) is 0 Å². The number of nitrogens with zero attached hydrogens (tertiary/aromatic N) is 3. The van der Waals surface area contributed by atoms with Gasteiger partial charge in [-0.2, -0.15) is 0 Å². The Hall–Kier alpha value is -1.26. The topological polar surface area (TPSA) is 21.1 Å². The zero-order valence-corrected chi connectivity index (χ0v) is 13.5. The number of imidazole rings is 1. The van der Waals surface area contributed by atoms with Crippen molar-refractivity contribution in [3.63, 3.8) is 0 Å². The molecule has 2 unspecified atom stereocenters. The van der Waals surface area contributed by atoms with Crippen molar-refractivity contribution in [2.24, 2.45) is 5.92 Å². The molecule has 2 fully saturated rings. The van der Waals surface area contributed by atoms with Crippen molar-refractivity contribution < 1.29 is 0 Å². The third-order valence-electron chi connectivity index (χ3n) is 5.21. The molecule has 5 rings (SSSR count). The Labute approximate surface area is 135 Å². The maximum Gasteiger partial charge on any atom is 0.0956 e. The van der Waals surface area contributed by atoms with Gasteiger partial charge in [0.1, 0.15) is 0 Å². The fraction of sp³-hybridized carbons (Fsp3) is 0.500. The standard InChI is InChI=1S/C18H21N3S/c1-2-6-16-15(5-1)17-10-19-12-21(17)18(16)13-4-3-9-20(11-13)22-14-7-8-14/h1-2,5-6,10,12-14,18H,3-4,7-9,11H2. The first kappa shape index (κ1) is 13.2. The van der Waals surface area contributed by atoms with E-state index < -0.39 is 0 Å². The molecule has 0 radical (unpaired) electrons. The second kappa shape index (κ2) is 5.14. The highest BCUT2D eigenvalue weighted by Crippen LogP contribution is 2.46. The van der Waals surface area contributed by atoms with Crippen molar-refractivity contribution in [2.45, 2.75) is 37.0 Å². The van der Waals surface area contributed by atoms with Crippen molar-refractivity contribution in [3.05, 3.63) is 42.4 Å². The minimum absolute atomic E-state index is 0.483. The molecule has 3 heterocycles. The largest absolute Gasteiger partial charge is 0.323 e. The molecule has 1 aromatic heterocycles. The van der Waals surface area contributed by atoms with E-state index in [1.54, 1.807) is 0 Å². The molecule has 2 aromatic rings. The molecule has 114 valence electrons. The molecule has 2 atom stereocenters. The van der Waals surface area contributed by atoms with Gasteiger partial charge in [-0.25, -0.2) is 4.98 Å². The van der Waals surface area contributed by atoms with Crippen molar-refractivity contribution in [1.82, 2.24) is 13.9 Å². The van der Waals surface area contributed by atoms with Crippen LogP contribution >= 0.6 is 11.9 Å². The van der Waals surface area contributed by atoms with Crippen molar-refractivity contribution in [3.8, 4) is 11.3 Å². The molecule has 1 aromatic carbocycles. The minimum Gasteiger partial charge on any atom is -0.323 e. The van der Waals surface area contributed by atoms with E-state index in [1.165, 1.54) is 55.6 Å². The van der Waals surface area contributed by atoms with Gasteiger partial charge in [0.05, 0.1) is 24.3 Å². The van der Waals surface area contributed by atoms with Gasteiger partial charge in [-0.15, -0.1) is 0 Å². The van der Waals surface area contributed by atoms with Crippen LogP contribution in [0.1, 0.15) is 37.3 Å². The monoisotopic (exact) mass is 311 g/mol. The van der Waals surface area contributed by atoms with E-state index in [0.29, 0.717) is 12.0 Å². The summed E-state index contributed by atoms with van der Waals surface area (Å²) in [4.78, 5) is 4.41. The van der Waals surface area contributed by atoms with Crippen LogP contribution in [0.25, 0.3) is 11.3 Å². The summed E-state index contributed by atoms with van der Waals surface area (Å²) in [5, 5.41) is 0.915. The Morgan fingerprint density at radius 2 is 2.05 bits per heavy atom. The van der Waals surface area contributed by atoms with Crippen LogP contribution in [0.2, 0.25) is 0 Å². The first-order valence-electron chi connectivity index (χ1n) is 8.43. The van der Waals surface area contributed by atoms with Gasteiger partial charge in [-0.1, -0.05) is 36.2 Å². The maximum absolute atomic E-state index is 4.41. The molecule has 0 bridgehead atoms. The quantitative estimate of drug-likeness (QED) is 0.800. The number of benzene rings is 1. The van der Waals surface area contributed by atoms with E-state index in [9.17, 15) is 0 Å². The van der Waals surface area contributed by atoms with Crippen molar-refractivity contribution >= 4 is 11.9 Å². The summed E-state index contributed by atoms with van der Waals surface area (Å²) >= 11 is 2.12. The second-order valence-electron chi connectivity index (χ2n) is 6.81. The van der Waals surface area contributed by atoms with Crippen LogP contribution in [0.15, 0.2) is 36.8 Å².